The molecule has 0 bridgehead atoms. The molecule has 13 heteroatoms. The van der Waals surface area contributed by atoms with Crippen LogP contribution in [0.4, 0.5) is 23.7 Å². The molecule has 2 aromatic carbocycles. The highest BCUT2D eigenvalue weighted by Crippen LogP contribution is 2.29. The fraction of sp³-hybridized carbons (Fsp3) is 0.222. The predicted molar refractivity (Wildman–Crippen MR) is 146 cm³/mol. The number of methoxy groups -OCH3 is 2. The van der Waals surface area contributed by atoms with Crippen LogP contribution in [0, 0.1) is 0 Å². The van der Waals surface area contributed by atoms with Gasteiger partial charge in [-0.05, 0) is 35.4 Å². The molecule has 40 heavy (non-hydrogen) atoms. The van der Waals surface area contributed by atoms with Crippen molar-refractivity contribution in [1.82, 2.24) is 9.88 Å². The predicted octanol–water partition coefficient (Wildman–Crippen LogP) is 6.93. The number of esters is 1. The highest BCUT2D eigenvalue weighted by molar-refractivity contribution is 6.42. The van der Waals surface area contributed by atoms with Crippen molar-refractivity contribution in [2.24, 2.45) is 0 Å². The van der Waals surface area contributed by atoms with E-state index in [1.54, 1.807) is 56.6 Å². The van der Waals surface area contributed by atoms with Crippen molar-refractivity contribution in [3.8, 4) is 5.88 Å². The van der Waals surface area contributed by atoms with Gasteiger partial charge in [-0.1, -0.05) is 53.5 Å². The summed E-state index contributed by atoms with van der Waals surface area (Å²) in [6, 6.07) is 14.9. The average Bonchev–Trinajstić information content (AvgIpc) is 2.92. The van der Waals surface area contributed by atoms with Crippen LogP contribution in [-0.4, -0.2) is 50.2 Å². The number of anilines is 1. The molecular formula is C27H26Cl2F3N3O5. The zero-order valence-electron chi connectivity index (χ0n) is 21.9. The van der Waals surface area contributed by atoms with E-state index in [0.717, 1.165) is 6.07 Å². The Morgan fingerprint density at radius 2 is 1.70 bits per heavy atom. The molecule has 1 heterocycles. The first-order valence-corrected chi connectivity index (χ1v) is 12.1. The lowest BCUT2D eigenvalue weighted by molar-refractivity contribution is -0.141. The third-order valence-electron chi connectivity index (χ3n) is 4.92. The Morgan fingerprint density at radius 3 is 2.30 bits per heavy atom. The number of hydrogen-bond donors (Lipinski definition) is 1. The number of ether oxygens (including phenoxy) is 3. The van der Waals surface area contributed by atoms with Gasteiger partial charge in [-0.2, -0.15) is 13.2 Å². The van der Waals surface area contributed by atoms with Crippen molar-refractivity contribution in [2.75, 3.05) is 33.6 Å². The van der Waals surface area contributed by atoms with E-state index in [2.05, 4.69) is 10.3 Å². The molecular weight excluding hydrogens is 574 g/mol. The van der Waals surface area contributed by atoms with E-state index in [9.17, 15) is 22.8 Å². The van der Waals surface area contributed by atoms with E-state index in [0.29, 0.717) is 26.9 Å². The number of halogens is 5. The molecule has 214 valence electrons. The monoisotopic (exact) mass is 599 g/mol. The number of carbonyl (C=O) groups is 2. The SMILES string of the molecule is CN(C)C(=O)Nc1ccc(Cl)c(Cl)c1.CO/C=C(/C(=O)OC)c1ccccc1COc1cccc(C(F)(F)F)n1. The molecule has 0 unspecified atom stereocenters. The molecule has 0 aliphatic carbocycles. The van der Waals surface area contributed by atoms with Crippen molar-refractivity contribution in [3.05, 3.63) is 93.8 Å². The van der Waals surface area contributed by atoms with Crippen LogP contribution in [0.15, 0.2) is 66.9 Å². The van der Waals surface area contributed by atoms with Gasteiger partial charge in [-0.3, -0.25) is 0 Å². The number of nitrogens with zero attached hydrogens (tertiary/aromatic N) is 2. The van der Waals surface area contributed by atoms with Gasteiger partial charge in [0.1, 0.15) is 17.9 Å². The minimum absolute atomic E-state index is 0.0947. The molecule has 0 aliphatic heterocycles. The third kappa shape index (κ3) is 9.65. The number of pyridine rings is 1. The second-order valence-electron chi connectivity index (χ2n) is 8.02. The Hall–Kier alpha value is -3.96. The van der Waals surface area contributed by atoms with Crippen molar-refractivity contribution < 1.29 is 37.0 Å². The normalized spacial score (nSPS) is 11.1. The molecule has 2 amide bonds. The van der Waals surface area contributed by atoms with Crippen molar-refractivity contribution in [1.29, 1.82) is 0 Å². The first-order valence-electron chi connectivity index (χ1n) is 11.4. The number of amides is 2. The van der Waals surface area contributed by atoms with Gasteiger partial charge in [0.2, 0.25) is 5.88 Å². The van der Waals surface area contributed by atoms with Crippen LogP contribution < -0.4 is 10.1 Å². The zero-order valence-corrected chi connectivity index (χ0v) is 23.4. The molecule has 8 nitrogen and oxygen atoms in total. The molecule has 0 atom stereocenters. The topological polar surface area (TPSA) is 90.0 Å². The number of carbonyl (C=O) groups excluding carboxylic acids is 2. The number of alkyl halides is 3. The van der Waals surface area contributed by atoms with E-state index in [1.807, 2.05) is 0 Å². The number of urea groups is 1. The Bertz CT molecular complexity index is 1350. The van der Waals surface area contributed by atoms with Gasteiger partial charge in [-0.25, -0.2) is 14.6 Å². The van der Waals surface area contributed by atoms with E-state index in [4.69, 9.17) is 37.4 Å². The molecule has 3 aromatic rings. The van der Waals surface area contributed by atoms with Crippen LogP contribution in [0.3, 0.4) is 0 Å². The minimum atomic E-state index is -4.56. The molecule has 1 N–H and O–H groups in total. The van der Waals surface area contributed by atoms with Gasteiger partial charge < -0.3 is 24.4 Å². The van der Waals surface area contributed by atoms with Gasteiger partial charge in [0.05, 0.1) is 30.5 Å². The number of hydrogen-bond acceptors (Lipinski definition) is 6. The van der Waals surface area contributed by atoms with E-state index in [1.165, 1.54) is 37.5 Å². The van der Waals surface area contributed by atoms with Crippen LogP contribution in [0.5, 0.6) is 5.88 Å². The summed E-state index contributed by atoms with van der Waals surface area (Å²) >= 11 is 11.5. The maximum atomic E-state index is 12.7. The highest BCUT2D eigenvalue weighted by Gasteiger charge is 2.32. The van der Waals surface area contributed by atoms with E-state index >= 15 is 0 Å². The summed E-state index contributed by atoms with van der Waals surface area (Å²) < 4.78 is 53.2. The summed E-state index contributed by atoms with van der Waals surface area (Å²) in [5.74, 6) is -0.790. The zero-order chi connectivity index (χ0) is 29.9. The molecule has 0 radical (unpaired) electrons. The Labute approximate surface area is 239 Å². The van der Waals surface area contributed by atoms with Crippen LogP contribution in [0.2, 0.25) is 10.0 Å². The highest BCUT2D eigenvalue weighted by atomic mass is 35.5. The van der Waals surface area contributed by atoms with Crippen molar-refractivity contribution in [2.45, 2.75) is 12.8 Å². The second kappa shape index (κ2) is 15.0. The summed E-state index contributed by atoms with van der Waals surface area (Å²) in [4.78, 5) is 28.1. The van der Waals surface area contributed by atoms with Crippen molar-refractivity contribution in [3.63, 3.8) is 0 Å². The molecule has 0 saturated carbocycles. The Morgan fingerprint density at radius 1 is 1.00 bits per heavy atom. The van der Waals surface area contributed by atoms with Gasteiger partial charge in [0, 0.05) is 25.8 Å². The summed E-state index contributed by atoms with van der Waals surface area (Å²) in [5.41, 5.74) is 0.774. The van der Waals surface area contributed by atoms with Crippen LogP contribution in [-0.2, 0) is 27.1 Å². The molecule has 0 fully saturated rings. The van der Waals surface area contributed by atoms with Crippen LogP contribution in [0.1, 0.15) is 16.8 Å². The maximum absolute atomic E-state index is 12.7. The van der Waals surface area contributed by atoms with Gasteiger partial charge in [-0.15, -0.1) is 0 Å². The molecule has 0 aliphatic rings. The van der Waals surface area contributed by atoms with E-state index < -0.39 is 17.8 Å². The molecule has 0 saturated heterocycles. The number of nitrogens with one attached hydrogen (secondary N) is 1. The van der Waals surface area contributed by atoms with Crippen LogP contribution >= 0.6 is 23.2 Å². The Balaban J connectivity index is 0.000000337. The van der Waals surface area contributed by atoms with Crippen molar-refractivity contribution >= 4 is 46.5 Å². The van der Waals surface area contributed by atoms with Gasteiger partial charge in [0.15, 0.2) is 0 Å². The first kappa shape index (κ1) is 32.3. The molecule has 1 aromatic heterocycles. The minimum Gasteiger partial charge on any atom is -0.503 e. The number of benzene rings is 2. The number of aromatic nitrogens is 1. The fourth-order valence-corrected chi connectivity index (χ4v) is 3.27. The average molecular weight is 600 g/mol. The van der Waals surface area contributed by atoms with Gasteiger partial charge in [0.25, 0.3) is 0 Å². The largest absolute Gasteiger partial charge is 0.503 e. The Kier molecular flexibility index (Phi) is 12.1. The third-order valence-corrected chi connectivity index (χ3v) is 5.65. The lowest BCUT2D eigenvalue weighted by Crippen LogP contribution is -2.27. The lowest BCUT2D eigenvalue weighted by Gasteiger charge is -2.13. The number of rotatable bonds is 7. The van der Waals surface area contributed by atoms with E-state index in [-0.39, 0.29) is 24.1 Å². The first-order chi connectivity index (χ1) is 18.9. The van der Waals surface area contributed by atoms with Gasteiger partial charge >= 0.3 is 18.2 Å². The van der Waals surface area contributed by atoms with Crippen LogP contribution in [0.25, 0.3) is 5.57 Å². The standard InChI is InChI=1S/C18H16F3NO4.C9H10Cl2N2O/c1-24-11-14(17(23)25-2)13-7-4-3-6-12(13)10-26-16-9-5-8-15(22-16)18(19,20)21;1-13(2)9(14)12-6-3-4-7(10)8(11)5-6/h3-9,11H,10H2,1-2H3;3-5H,1-2H3,(H,12,14)/b14-11+;. The summed E-state index contributed by atoms with van der Waals surface area (Å²) in [7, 11) is 5.94. The molecule has 3 rings (SSSR count). The fourth-order valence-electron chi connectivity index (χ4n) is 2.97. The lowest BCUT2D eigenvalue weighted by atomic mass is 10.0. The summed E-state index contributed by atoms with van der Waals surface area (Å²) in [6.07, 6.45) is -3.33. The summed E-state index contributed by atoms with van der Waals surface area (Å²) in [5, 5.41) is 3.54. The second-order valence-corrected chi connectivity index (χ2v) is 8.83. The maximum Gasteiger partial charge on any atom is 0.433 e. The smallest absolute Gasteiger partial charge is 0.433 e. The molecule has 0 spiro atoms. The summed E-state index contributed by atoms with van der Waals surface area (Å²) in [6.45, 7) is -0.0947. The quantitative estimate of drug-likeness (QED) is 0.180.